The highest BCUT2D eigenvalue weighted by Crippen LogP contribution is 2.32. The molecule has 33 heavy (non-hydrogen) atoms. The van der Waals surface area contributed by atoms with E-state index < -0.39 is 0 Å². The summed E-state index contributed by atoms with van der Waals surface area (Å²) in [5.74, 6) is 2.26. The fourth-order valence-electron chi connectivity index (χ4n) is 4.56. The quantitative estimate of drug-likeness (QED) is 0.542. The Balaban J connectivity index is 1.47. The molecule has 2 aliphatic rings. The zero-order valence-electron chi connectivity index (χ0n) is 19.2. The molecule has 3 aromatic rings. The third-order valence-electron chi connectivity index (χ3n) is 6.69. The number of anilines is 3. The number of aryl methyl sites for hydroxylation is 1. The third-order valence-corrected chi connectivity index (χ3v) is 6.99. The fourth-order valence-corrected chi connectivity index (χ4v) is 4.80. The van der Waals surface area contributed by atoms with Gasteiger partial charge >= 0.3 is 0 Å². The van der Waals surface area contributed by atoms with Crippen LogP contribution in [0, 0.1) is 12.7 Å². The van der Waals surface area contributed by atoms with Crippen LogP contribution in [0.2, 0.25) is 5.02 Å². The summed E-state index contributed by atoms with van der Waals surface area (Å²) in [6.45, 7) is 9.50. The molecule has 8 heteroatoms. The Morgan fingerprint density at radius 2 is 1.85 bits per heavy atom. The molecule has 0 amide bonds. The monoisotopic (exact) mass is 466 g/mol. The molecule has 0 saturated carbocycles. The van der Waals surface area contributed by atoms with Crippen LogP contribution in [-0.2, 0) is 0 Å². The van der Waals surface area contributed by atoms with Gasteiger partial charge in [-0.15, -0.1) is 0 Å². The number of piperazine rings is 1. The van der Waals surface area contributed by atoms with E-state index in [0.717, 1.165) is 61.4 Å². The largest absolute Gasteiger partial charge is 0.352 e. The molecule has 2 saturated heterocycles. The number of aromatic nitrogens is 3. The number of hydrogen-bond acceptors (Lipinski definition) is 6. The van der Waals surface area contributed by atoms with Gasteiger partial charge in [-0.3, -0.25) is 0 Å². The number of benzene rings is 1. The summed E-state index contributed by atoms with van der Waals surface area (Å²) in [6, 6.07) is 11.5. The zero-order valence-corrected chi connectivity index (χ0v) is 19.9. The van der Waals surface area contributed by atoms with E-state index >= 15 is 0 Å². The highest BCUT2D eigenvalue weighted by Gasteiger charge is 2.30. The molecular formula is C25H28ClFN6. The minimum atomic E-state index is -0.206. The molecule has 5 rings (SSSR count). The van der Waals surface area contributed by atoms with E-state index in [2.05, 4.69) is 33.5 Å². The molecule has 2 atom stereocenters. The highest BCUT2D eigenvalue weighted by molar-refractivity contribution is 6.32. The first-order valence-electron chi connectivity index (χ1n) is 11.4. The molecule has 6 nitrogen and oxygen atoms in total. The molecule has 0 spiro atoms. The van der Waals surface area contributed by atoms with E-state index in [1.165, 1.54) is 6.07 Å². The molecule has 2 aromatic heterocycles. The average molecular weight is 467 g/mol. The first-order valence-corrected chi connectivity index (χ1v) is 11.8. The van der Waals surface area contributed by atoms with Crippen LogP contribution in [0.15, 0.2) is 42.6 Å². The van der Waals surface area contributed by atoms with Gasteiger partial charge in [0.1, 0.15) is 17.5 Å². The van der Waals surface area contributed by atoms with Crippen LogP contribution in [0.3, 0.4) is 0 Å². The Bertz CT molecular complexity index is 1170. The maximum absolute atomic E-state index is 13.9. The lowest BCUT2D eigenvalue weighted by Crippen LogP contribution is -2.53. The normalized spacial score (nSPS) is 20.7. The molecular weight excluding hydrogens is 439 g/mol. The number of halogens is 2. The van der Waals surface area contributed by atoms with Gasteiger partial charge in [0.25, 0.3) is 0 Å². The summed E-state index contributed by atoms with van der Waals surface area (Å²) < 4.78 is 13.9. The van der Waals surface area contributed by atoms with Gasteiger partial charge in [0.2, 0.25) is 5.95 Å². The topological polar surface area (TPSA) is 48.4 Å². The van der Waals surface area contributed by atoms with Crippen LogP contribution in [0.4, 0.5) is 22.0 Å². The highest BCUT2D eigenvalue weighted by atomic mass is 35.5. The standard InChI is InChI=1S/C25H28ClFN6/c1-16-13-19(6-7-21(16)27)22-14-23(30-25(29-22)33-10-8-17(33)2)32-12-11-31(15-18(32)3)24-20(26)5-4-9-28-24/h4-7,9,13-14,17-18H,8,10-12,15H2,1-3H3. The summed E-state index contributed by atoms with van der Waals surface area (Å²) in [7, 11) is 0. The zero-order chi connectivity index (χ0) is 23.1. The number of pyridine rings is 1. The van der Waals surface area contributed by atoms with Crippen molar-refractivity contribution in [1.82, 2.24) is 15.0 Å². The molecule has 4 heterocycles. The molecule has 0 aliphatic carbocycles. The summed E-state index contributed by atoms with van der Waals surface area (Å²) in [4.78, 5) is 21.1. The van der Waals surface area contributed by atoms with Gasteiger partial charge in [-0.05, 0) is 63.1 Å². The van der Waals surface area contributed by atoms with E-state index in [1.54, 1.807) is 19.2 Å². The molecule has 1 aromatic carbocycles. The SMILES string of the molecule is Cc1cc(-c2cc(N3CCN(c4ncccc4Cl)CC3C)nc(N3CCC3C)n2)ccc1F. The van der Waals surface area contributed by atoms with Crippen LogP contribution in [-0.4, -0.2) is 53.2 Å². The summed E-state index contributed by atoms with van der Waals surface area (Å²) in [5, 5.41) is 0.670. The Morgan fingerprint density at radius 1 is 1.00 bits per heavy atom. The number of rotatable bonds is 4. The van der Waals surface area contributed by atoms with Crippen LogP contribution in [0.5, 0.6) is 0 Å². The molecule has 2 fully saturated rings. The van der Waals surface area contributed by atoms with Crippen molar-refractivity contribution in [2.75, 3.05) is 40.9 Å². The lowest BCUT2D eigenvalue weighted by molar-refractivity contribution is 0.469. The Labute approximate surface area is 199 Å². The second-order valence-corrected chi connectivity index (χ2v) is 9.41. The smallest absolute Gasteiger partial charge is 0.228 e. The maximum Gasteiger partial charge on any atom is 0.228 e. The molecule has 2 aliphatic heterocycles. The lowest BCUT2D eigenvalue weighted by Gasteiger charge is -2.42. The Hall–Kier alpha value is -2.93. The van der Waals surface area contributed by atoms with Gasteiger partial charge < -0.3 is 14.7 Å². The van der Waals surface area contributed by atoms with Gasteiger partial charge in [0.15, 0.2) is 0 Å². The van der Waals surface area contributed by atoms with E-state index in [1.807, 2.05) is 24.3 Å². The molecule has 172 valence electrons. The van der Waals surface area contributed by atoms with E-state index in [-0.39, 0.29) is 11.9 Å². The van der Waals surface area contributed by atoms with Crippen molar-refractivity contribution in [1.29, 1.82) is 0 Å². The van der Waals surface area contributed by atoms with Gasteiger partial charge in [0.05, 0.1) is 10.7 Å². The van der Waals surface area contributed by atoms with E-state index in [9.17, 15) is 4.39 Å². The van der Waals surface area contributed by atoms with E-state index in [4.69, 9.17) is 21.6 Å². The first-order chi connectivity index (χ1) is 15.9. The second-order valence-electron chi connectivity index (χ2n) is 9.00. The maximum atomic E-state index is 13.9. The number of hydrogen-bond donors (Lipinski definition) is 0. The molecule has 2 unspecified atom stereocenters. The third kappa shape index (κ3) is 4.22. The van der Waals surface area contributed by atoms with Crippen LogP contribution < -0.4 is 14.7 Å². The van der Waals surface area contributed by atoms with Gasteiger partial charge in [-0.1, -0.05) is 11.6 Å². The summed E-state index contributed by atoms with van der Waals surface area (Å²) in [6.07, 6.45) is 2.92. The Kier molecular flexibility index (Phi) is 5.83. The Morgan fingerprint density at radius 3 is 2.52 bits per heavy atom. The average Bonchev–Trinajstić information content (AvgIpc) is 2.80. The summed E-state index contributed by atoms with van der Waals surface area (Å²) in [5.41, 5.74) is 2.33. The van der Waals surface area contributed by atoms with Crippen molar-refractivity contribution in [3.05, 3.63) is 59.0 Å². The number of nitrogens with zero attached hydrogens (tertiary/aromatic N) is 6. The van der Waals surface area contributed by atoms with Crippen molar-refractivity contribution in [3.8, 4) is 11.3 Å². The molecule has 0 radical (unpaired) electrons. The van der Waals surface area contributed by atoms with Crippen molar-refractivity contribution < 1.29 is 4.39 Å². The van der Waals surface area contributed by atoms with Crippen LogP contribution in [0.1, 0.15) is 25.8 Å². The van der Waals surface area contributed by atoms with Crippen LogP contribution in [0.25, 0.3) is 11.3 Å². The van der Waals surface area contributed by atoms with Crippen molar-refractivity contribution >= 4 is 29.2 Å². The van der Waals surface area contributed by atoms with E-state index in [0.29, 0.717) is 16.6 Å². The molecule has 0 bridgehead atoms. The van der Waals surface area contributed by atoms with Crippen molar-refractivity contribution in [2.45, 2.75) is 39.3 Å². The lowest BCUT2D eigenvalue weighted by atomic mass is 10.1. The minimum Gasteiger partial charge on any atom is -0.352 e. The second kappa shape index (κ2) is 8.78. The van der Waals surface area contributed by atoms with Crippen molar-refractivity contribution in [3.63, 3.8) is 0 Å². The molecule has 0 N–H and O–H groups in total. The predicted octanol–water partition coefficient (Wildman–Crippen LogP) is 4.95. The van der Waals surface area contributed by atoms with Gasteiger partial charge in [-0.25, -0.2) is 14.4 Å². The minimum absolute atomic E-state index is 0.205. The van der Waals surface area contributed by atoms with Crippen LogP contribution >= 0.6 is 11.6 Å². The fraction of sp³-hybridized carbons (Fsp3) is 0.400. The first kappa shape index (κ1) is 21.9. The summed E-state index contributed by atoms with van der Waals surface area (Å²) >= 11 is 6.39. The van der Waals surface area contributed by atoms with Crippen molar-refractivity contribution in [2.24, 2.45) is 0 Å². The van der Waals surface area contributed by atoms with Gasteiger partial charge in [-0.2, -0.15) is 4.98 Å². The predicted molar refractivity (Wildman–Crippen MR) is 132 cm³/mol. The van der Waals surface area contributed by atoms with Gasteiger partial charge in [0, 0.05) is 56.1 Å².